The number of hydrogen-bond acceptors (Lipinski definition) is 9. The number of aromatic nitrogens is 1. The Morgan fingerprint density at radius 2 is 0.701 bits per heavy atom. The normalized spacial score (nSPS) is 13.9. The molecule has 0 saturated carbocycles. The van der Waals surface area contributed by atoms with Gasteiger partial charge in [0.05, 0.1) is 11.1 Å². The van der Waals surface area contributed by atoms with E-state index in [0.717, 1.165) is 83.6 Å². The molecule has 4 aliphatic rings. The minimum Gasteiger partial charge on any atom is -0.456 e. The van der Waals surface area contributed by atoms with E-state index in [0.29, 0.717) is 0 Å². The van der Waals surface area contributed by atoms with Gasteiger partial charge in [0.1, 0.15) is 28.1 Å². The Morgan fingerprint density at radius 1 is 0.239 bits per heavy atom. The van der Waals surface area contributed by atoms with Gasteiger partial charge in [-0.15, -0.1) is 22.7 Å². The molecule has 0 radical (unpaired) electrons. The van der Waals surface area contributed by atoms with Crippen LogP contribution in [0.2, 0.25) is 0 Å². The van der Waals surface area contributed by atoms with Gasteiger partial charge in [-0.05, 0) is 237 Å². The Bertz CT molecular complexity index is 8980. The van der Waals surface area contributed by atoms with Crippen molar-refractivity contribution in [2.45, 2.75) is 77.0 Å². The number of nitrogens with zero attached hydrogens (tertiary/aromatic N) is 1. The molecule has 134 heavy (non-hydrogen) atoms. The highest BCUT2D eigenvalue weighted by Gasteiger charge is 2.40. The fourth-order valence-electron chi connectivity index (χ4n) is 22.5. The summed E-state index contributed by atoms with van der Waals surface area (Å²) in [5.74, 6) is 0.825. The fraction of sp³-hybridized carbons (Fsp3) is 0.0960. The van der Waals surface area contributed by atoms with Crippen molar-refractivity contribution in [3.63, 3.8) is 0 Å². The number of pyridine rings is 1. The maximum absolute atomic E-state index is 6.25. The summed E-state index contributed by atoms with van der Waals surface area (Å²) in [4.78, 5) is 4.75. The van der Waals surface area contributed by atoms with Gasteiger partial charge in [0.25, 0.3) is 0 Å². The van der Waals surface area contributed by atoms with Crippen molar-refractivity contribution < 1.29 is 8.83 Å². The topological polar surface area (TPSA) is 87.3 Å². The number of rotatable bonds is 9. The van der Waals surface area contributed by atoms with Gasteiger partial charge in [-0.25, -0.2) is 4.98 Å². The molecule has 0 amide bonds. The van der Waals surface area contributed by atoms with Crippen LogP contribution in [-0.4, -0.2) is 4.98 Å². The predicted octanol–water partition coefficient (Wildman–Crippen LogP) is 36.0. The number of benzene rings is 19. The zero-order chi connectivity index (χ0) is 90.0. The van der Waals surface area contributed by atoms with Crippen LogP contribution in [0.25, 0.3) is 172 Å². The molecule has 0 spiro atoms. The molecule has 24 aromatic rings. The third-order valence-corrected chi connectivity index (χ3v) is 31.4. The molecule has 0 fully saturated rings. The first-order valence-electron chi connectivity index (χ1n) is 46.3. The summed E-state index contributed by atoms with van der Waals surface area (Å²) in [6.07, 6.45) is 1.94. The summed E-state index contributed by atoms with van der Waals surface area (Å²) in [5.41, 5.74) is 35.5. The molecule has 9 heteroatoms. The minimum atomic E-state index is -0.0453. The summed E-state index contributed by atoms with van der Waals surface area (Å²) < 4.78 is 17.6. The first-order chi connectivity index (χ1) is 65.4. The summed E-state index contributed by atoms with van der Waals surface area (Å²) in [6.45, 7) is 18.6. The molecular formula is C125H93N5O2S2. The maximum atomic E-state index is 6.25. The van der Waals surface area contributed by atoms with Crippen molar-refractivity contribution in [2.75, 3.05) is 21.3 Å². The SMILES string of the molecule is CC1(C)c2ccccc2-c2cc(Nc3c4ccccc4cc4oc5ccccc5c34)ccc21.CC1(C)c2ccccc2-c2ccc(Nc3ccc(-c4cccc5oc6ccccc6c45)cn3)cc21.CC1(C)c2ccccc2-c2ccc(Nc3cccc4sc5cc6ccccc6cc5c34)cc21.CC1(C)c2ccccc2-c2cccc(Nc3cccc4sc5c6ccccc6ccc5c34)c21. The number of nitrogens with one attached hydrogen (secondary N) is 4. The van der Waals surface area contributed by atoms with Gasteiger partial charge < -0.3 is 30.1 Å². The van der Waals surface area contributed by atoms with E-state index in [1.54, 1.807) is 0 Å². The molecule has 5 heterocycles. The summed E-state index contributed by atoms with van der Waals surface area (Å²) in [6, 6.07) is 139. The standard InChI is InChI=1S/C32H24N2O.C31H23NO.2C31H23NS/c1-32(2)26-11-5-3-8-23(26)24-16-15-21(18-27(24)32)34-30-17-14-20(19-33-30)22-10-7-13-29-31(22)25-9-4-6-12-28(25)35-29;1-31(2)25-13-7-5-11-22(25)24-18-20(15-16-26(24)31)32-30-21-10-4-3-9-19(21)17-28-29(30)23-12-6-8-14-27(23)33-28;1-31(2)24-13-6-5-11-21(24)22-12-7-15-26(29(22)31)32-25-14-8-16-27-28(25)23-18-17-19-9-3-4-10-20(19)30(23)33-27;1-31(2)25-11-6-5-10-22(25)23-15-14-21(18-26(23)31)32-27-12-7-13-28-30(27)24-16-19-8-3-4-9-20(19)17-29(24)33-28/h3-19H,1-2H3,(H,33,34);3*3-18,32H,1-2H3. The summed E-state index contributed by atoms with van der Waals surface area (Å²) in [5, 5.41) is 32.3. The van der Waals surface area contributed by atoms with E-state index in [4.69, 9.17) is 13.8 Å². The van der Waals surface area contributed by atoms with Crippen LogP contribution in [0.4, 0.5) is 45.6 Å². The van der Waals surface area contributed by atoms with Crippen LogP contribution >= 0.6 is 22.7 Å². The second-order valence-corrected chi connectivity index (χ2v) is 40.4. The molecule has 4 N–H and O–H groups in total. The van der Waals surface area contributed by atoms with E-state index in [1.165, 1.54) is 179 Å². The molecule has 5 aromatic heterocycles. The number of fused-ring (bicyclic) bond motifs is 28. The van der Waals surface area contributed by atoms with Crippen LogP contribution in [0.1, 0.15) is 99.9 Å². The van der Waals surface area contributed by atoms with Gasteiger partial charge in [-0.1, -0.05) is 328 Å². The van der Waals surface area contributed by atoms with Crippen molar-refractivity contribution in [3.8, 4) is 55.6 Å². The molecule has 0 unspecified atom stereocenters. The third-order valence-electron chi connectivity index (χ3n) is 29.0. The summed E-state index contributed by atoms with van der Waals surface area (Å²) in [7, 11) is 0. The molecule has 642 valence electrons. The van der Waals surface area contributed by atoms with E-state index < -0.39 is 0 Å². The lowest BCUT2D eigenvalue weighted by Crippen LogP contribution is -2.16. The molecule has 4 aliphatic carbocycles. The average molecular weight is 1760 g/mol. The smallest absolute Gasteiger partial charge is 0.138 e. The minimum absolute atomic E-state index is 0.00359. The second-order valence-electron chi connectivity index (χ2n) is 38.3. The predicted molar refractivity (Wildman–Crippen MR) is 571 cm³/mol. The number of furan rings is 2. The van der Waals surface area contributed by atoms with Gasteiger partial charge in [-0.3, -0.25) is 0 Å². The van der Waals surface area contributed by atoms with Crippen molar-refractivity contribution in [3.05, 3.63) is 439 Å². The van der Waals surface area contributed by atoms with Gasteiger partial charge in [-0.2, -0.15) is 0 Å². The highest BCUT2D eigenvalue weighted by molar-refractivity contribution is 7.27. The summed E-state index contributed by atoms with van der Waals surface area (Å²) >= 11 is 3.76. The molecule has 7 nitrogen and oxygen atoms in total. The Kier molecular flexibility index (Phi) is 18.6. The third kappa shape index (κ3) is 13.0. The highest BCUT2D eigenvalue weighted by Crippen LogP contribution is 2.57. The van der Waals surface area contributed by atoms with E-state index in [-0.39, 0.29) is 21.7 Å². The molecule has 0 atom stereocenters. The van der Waals surface area contributed by atoms with Crippen LogP contribution in [0.5, 0.6) is 0 Å². The van der Waals surface area contributed by atoms with Gasteiger partial charge in [0, 0.05) is 129 Å². The number of hydrogen-bond donors (Lipinski definition) is 4. The Hall–Kier alpha value is -15.7. The largest absolute Gasteiger partial charge is 0.456 e. The molecule has 28 rings (SSSR count). The van der Waals surface area contributed by atoms with Crippen molar-refractivity contribution in [1.29, 1.82) is 0 Å². The van der Waals surface area contributed by atoms with Crippen molar-refractivity contribution in [2.24, 2.45) is 0 Å². The number of thiophene rings is 2. The zero-order valence-corrected chi connectivity index (χ0v) is 77.2. The highest BCUT2D eigenvalue weighted by atomic mass is 32.1. The fourth-order valence-corrected chi connectivity index (χ4v) is 24.9. The molecular weight excluding hydrogens is 1670 g/mol. The van der Waals surface area contributed by atoms with Crippen LogP contribution in [0.15, 0.2) is 403 Å². The number of para-hydroxylation sites is 2. The van der Waals surface area contributed by atoms with Crippen LogP contribution < -0.4 is 21.3 Å². The molecule has 0 aliphatic heterocycles. The molecule has 19 aromatic carbocycles. The quantitative estimate of drug-likeness (QED) is 0.115. The zero-order valence-electron chi connectivity index (χ0n) is 75.6. The van der Waals surface area contributed by atoms with Crippen LogP contribution in [-0.2, 0) is 21.7 Å². The first kappa shape index (κ1) is 80.4. The van der Waals surface area contributed by atoms with E-state index in [9.17, 15) is 0 Å². The first-order valence-corrected chi connectivity index (χ1v) is 48.0. The van der Waals surface area contributed by atoms with Crippen LogP contribution in [0, 0.1) is 0 Å². The Balaban J connectivity index is 0.0000000956. The lowest BCUT2D eigenvalue weighted by molar-refractivity contribution is 0.660. The van der Waals surface area contributed by atoms with E-state index >= 15 is 0 Å². The van der Waals surface area contributed by atoms with Crippen molar-refractivity contribution >= 4 is 185 Å². The van der Waals surface area contributed by atoms with Gasteiger partial charge in [0.2, 0.25) is 0 Å². The second kappa shape index (κ2) is 31.0. The van der Waals surface area contributed by atoms with Crippen LogP contribution in [0.3, 0.4) is 0 Å². The van der Waals surface area contributed by atoms with Gasteiger partial charge >= 0.3 is 0 Å². The number of anilines is 8. The average Bonchev–Trinajstić information content (AvgIpc) is 1.85. The monoisotopic (exact) mass is 1760 g/mol. The maximum Gasteiger partial charge on any atom is 0.138 e. The van der Waals surface area contributed by atoms with Crippen molar-refractivity contribution in [1.82, 2.24) is 4.98 Å². The Morgan fingerprint density at radius 3 is 1.37 bits per heavy atom. The van der Waals surface area contributed by atoms with E-state index in [1.807, 2.05) is 71.3 Å². The molecule has 0 saturated heterocycles. The Labute approximate surface area is 785 Å². The molecule has 0 bridgehead atoms. The lowest BCUT2D eigenvalue weighted by atomic mass is 9.81. The van der Waals surface area contributed by atoms with Gasteiger partial charge in [0.15, 0.2) is 0 Å². The van der Waals surface area contributed by atoms with E-state index in [2.05, 4.69) is 422 Å². The lowest BCUT2D eigenvalue weighted by Gasteiger charge is -2.25.